The van der Waals surface area contributed by atoms with Crippen molar-refractivity contribution in [2.45, 2.75) is 25.9 Å². The van der Waals surface area contributed by atoms with Gasteiger partial charge in [0.2, 0.25) is 5.88 Å². The minimum Gasteiger partial charge on any atom is -0.477 e. The largest absolute Gasteiger partial charge is 0.477 e. The highest BCUT2D eigenvalue weighted by Crippen LogP contribution is 2.22. The summed E-state index contributed by atoms with van der Waals surface area (Å²) in [5.41, 5.74) is 1.05. The highest BCUT2D eigenvalue weighted by atomic mass is 19.4. The van der Waals surface area contributed by atoms with Gasteiger partial charge >= 0.3 is 6.18 Å². The molecule has 1 aromatic heterocycles. The molecule has 2 rings (SSSR count). The summed E-state index contributed by atoms with van der Waals surface area (Å²) in [6.07, 6.45) is -0.723. The average Bonchev–Trinajstić information content (AvgIpc) is 2.36. The van der Waals surface area contributed by atoms with E-state index in [9.17, 15) is 13.2 Å². The minimum atomic E-state index is -4.12. The van der Waals surface area contributed by atoms with E-state index in [0.717, 1.165) is 18.4 Å². The molecule has 0 radical (unpaired) electrons. The zero-order valence-electron chi connectivity index (χ0n) is 11.5. The van der Waals surface area contributed by atoms with E-state index >= 15 is 0 Å². The number of halogens is 3. The van der Waals surface area contributed by atoms with Crippen LogP contribution in [0, 0.1) is 12.8 Å². The zero-order valence-corrected chi connectivity index (χ0v) is 11.5. The van der Waals surface area contributed by atoms with Gasteiger partial charge in [-0.05, 0) is 31.9 Å². The van der Waals surface area contributed by atoms with Gasteiger partial charge in [-0.25, -0.2) is 4.98 Å². The monoisotopic (exact) mass is 288 g/mol. The fourth-order valence-electron chi connectivity index (χ4n) is 2.43. The Morgan fingerprint density at radius 1 is 1.40 bits per heavy atom. The van der Waals surface area contributed by atoms with Crippen LogP contribution in [0.25, 0.3) is 0 Å². The predicted octanol–water partition coefficient (Wildman–Crippen LogP) is 3.04. The fourth-order valence-corrected chi connectivity index (χ4v) is 2.43. The number of nitrogens with zero attached hydrogens (tertiary/aromatic N) is 2. The molecule has 20 heavy (non-hydrogen) atoms. The molecule has 3 nitrogen and oxygen atoms in total. The predicted molar refractivity (Wildman–Crippen MR) is 69.7 cm³/mol. The number of aryl methyl sites for hydroxylation is 1. The van der Waals surface area contributed by atoms with Crippen molar-refractivity contribution in [1.29, 1.82) is 0 Å². The van der Waals surface area contributed by atoms with E-state index in [1.54, 1.807) is 12.3 Å². The Bertz CT molecular complexity index is 419. The summed E-state index contributed by atoms with van der Waals surface area (Å²) >= 11 is 0. The first-order valence-electron chi connectivity index (χ1n) is 6.77. The van der Waals surface area contributed by atoms with E-state index in [1.807, 2.05) is 13.0 Å². The summed E-state index contributed by atoms with van der Waals surface area (Å²) in [7, 11) is 0. The number of hydrogen-bond acceptors (Lipinski definition) is 3. The topological polar surface area (TPSA) is 25.4 Å². The normalized spacial score (nSPS) is 20.9. The van der Waals surface area contributed by atoms with Gasteiger partial charge < -0.3 is 4.74 Å². The summed E-state index contributed by atoms with van der Waals surface area (Å²) < 4.78 is 42.7. The molecule has 2 heterocycles. The second-order valence-corrected chi connectivity index (χ2v) is 5.34. The maximum atomic E-state index is 12.4. The number of ether oxygens (including phenoxy) is 1. The second-order valence-electron chi connectivity index (χ2n) is 5.34. The van der Waals surface area contributed by atoms with Gasteiger partial charge in [-0.15, -0.1) is 0 Å². The first-order chi connectivity index (χ1) is 9.42. The van der Waals surface area contributed by atoms with Gasteiger partial charge in [0, 0.05) is 24.7 Å². The molecule has 1 aliphatic heterocycles. The Labute approximate surface area is 116 Å². The van der Waals surface area contributed by atoms with Crippen LogP contribution < -0.4 is 4.74 Å². The lowest BCUT2D eigenvalue weighted by Gasteiger charge is -2.32. The fraction of sp³-hybridized carbons (Fsp3) is 0.643. The number of piperidine rings is 1. The molecule has 1 unspecified atom stereocenters. The van der Waals surface area contributed by atoms with Gasteiger partial charge in [0.25, 0.3) is 0 Å². The highest BCUT2D eigenvalue weighted by Gasteiger charge is 2.33. The summed E-state index contributed by atoms with van der Waals surface area (Å²) in [6, 6.07) is 3.69. The third-order valence-corrected chi connectivity index (χ3v) is 3.36. The zero-order chi connectivity index (χ0) is 14.6. The molecule has 0 bridgehead atoms. The molecule has 0 spiro atoms. The van der Waals surface area contributed by atoms with Gasteiger partial charge in [-0.2, -0.15) is 13.2 Å². The van der Waals surface area contributed by atoms with Crippen LogP contribution >= 0.6 is 0 Å². The van der Waals surface area contributed by atoms with E-state index in [0.29, 0.717) is 25.6 Å². The lowest BCUT2D eigenvalue weighted by molar-refractivity contribution is -0.149. The van der Waals surface area contributed by atoms with Gasteiger partial charge in [0.05, 0.1) is 13.2 Å². The third kappa shape index (κ3) is 5.00. The van der Waals surface area contributed by atoms with Crippen LogP contribution in [0.5, 0.6) is 5.88 Å². The number of pyridine rings is 1. The SMILES string of the molecule is Cc1ccc(OCC2CCCN(CC(F)(F)F)C2)nc1. The Morgan fingerprint density at radius 3 is 2.85 bits per heavy atom. The van der Waals surface area contributed by atoms with Crippen LogP contribution in [0.3, 0.4) is 0 Å². The van der Waals surface area contributed by atoms with Crippen molar-refractivity contribution in [1.82, 2.24) is 9.88 Å². The lowest BCUT2D eigenvalue weighted by Crippen LogP contribution is -2.42. The van der Waals surface area contributed by atoms with Crippen molar-refractivity contribution >= 4 is 0 Å². The molecule has 1 aromatic rings. The van der Waals surface area contributed by atoms with Gasteiger partial charge in [-0.1, -0.05) is 6.07 Å². The highest BCUT2D eigenvalue weighted by molar-refractivity contribution is 5.16. The lowest BCUT2D eigenvalue weighted by atomic mass is 9.99. The Balaban J connectivity index is 1.79. The van der Waals surface area contributed by atoms with E-state index in [2.05, 4.69) is 4.98 Å². The molecule has 1 aliphatic rings. The van der Waals surface area contributed by atoms with E-state index in [1.165, 1.54) is 4.90 Å². The molecular weight excluding hydrogens is 269 g/mol. The molecule has 0 amide bonds. The Morgan fingerprint density at radius 2 is 2.20 bits per heavy atom. The van der Waals surface area contributed by atoms with Crippen LogP contribution in [-0.4, -0.2) is 42.3 Å². The Hall–Kier alpha value is -1.30. The van der Waals surface area contributed by atoms with Crippen LogP contribution in [0.1, 0.15) is 18.4 Å². The quantitative estimate of drug-likeness (QED) is 0.851. The van der Waals surface area contributed by atoms with Crippen LogP contribution in [-0.2, 0) is 0 Å². The molecular formula is C14H19F3N2O. The molecule has 6 heteroatoms. The number of rotatable bonds is 4. The summed E-state index contributed by atoms with van der Waals surface area (Å²) in [6.45, 7) is 2.48. The number of aromatic nitrogens is 1. The molecule has 1 atom stereocenters. The van der Waals surface area contributed by atoms with Crippen LogP contribution in [0.2, 0.25) is 0 Å². The van der Waals surface area contributed by atoms with Crippen LogP contribution in [0.4, 0.5) is 13.2 Å². The van der Waals surface area contributed by atoms with E-state index in [-0.39, 0.29) is 5.92 Å². The van der Waals surface area contributed by atoms with Crippen molar-refractivity contribution in [3.05, 3.63) is 23.9 Å². The van der Waals surface area contributed by atoms with E-state index < -0.39 is 12.7 Å². The maximum Gasteiger partial charge on any atom is 0.401 e. The van der Waals surface area contributed by atoms with Gasteiger partial charge in [0.1, 0.15) is 0 Å². The molecule has 1 saturated heterocycles. The summed E-state index contributed by atoms with van der Waals surface area (Å²) in [5.74, 6) is 0.665. The molecule has 0 N–H and O–H groups in total. The van der Waals surface area contributed by atoms with Crippen molar-refractivity contribution in [2.75, 3.05) is 26.2 Å². The van der Waals surface area contributed by atoms with Crippen LogP contribution in [0.15, 0.2) is 18.3 Å². The smallest absolute Gasteiger partial charge is 0.401 e. The second kappa shape index (κ2) is 6.43. The molecule has 112 valence electrons. The standard InChI is InChI=1S/C14H19F3N2O/c1-11-4-5-13(18-7-11)20-9-12-3-2-6-19(8-12)10-14(15,16)17/h4-5,7,12H,2-3,6,8-10H2,1H3. The number of hydrogen-bond donors (Lipinski definition) is 0. The van der Waals surface area contributed by atoms with E-state index in [4.69, 9.17) is 4.74 Å². The van der Waals surface area contributed by atoms with Crippen molar-refractivity contribution in [3.8, 4) is 5.88 Å². The third-order valence-electron chi connectivity index (χ3n) is 3.36. The average molecular weight is 288 g/mol. The molecule has 0 aromatic carbocycles. The molecule has 0 aliphatic carbocycles. The van der Waals surface area contributed by atoms with Gasteiger partial charge in [-0.3, -0.25) is 4.90 Å². The molecule has 0 saturated carbocycles. The first-order valence-corrected chi connectivity index (χ1v) is 6.77. The summed E-state index contributed by atoms with van der Waals surface area (Å²) in [5, 5.41) is 0. The summed E-state index contributed by atoms with van der Waals surface area (Å²) in [4.78, 5) is 5.58. The maximum absolute atomic E-state index is 12.4. The minimum absolute atomic E-state index is 0.134. The first kappa shape index (κ1) is 15.1. The number of likely N-dealkylation sites (tertiary alicyclic amines) is 1. The Kier molecular flexibility index (Phi) is 4.86. The van der Waals surface area contributed by atoms with Crippen molar-refractivity contribution in [2.24, 2.45) is 5.92 Å². The number of alkyl halides is 3. The van der Waals surface area contributed by atoms with Crippen molar-refractivity contribution in [3.63, 3.8) is 0 Å². The van der Waals surface area contributed by atoms with Gasteiger partial charge in [0.15, 0.2) is 0 Å². The van der Waals surface area contributed by atoms with Crippen molar-refractivity contribution < 1.29 is 17.9 Å². The molecule has 1 fully saturated rings.